The Kier molecular flexibility index (Phi) is 5.24. The van der Waals surface area contributed by atoms with Crippen LogP contribution in [0.4, 0.5) is 0 Å². The molecule has 1 saturated carbocycles. The largest absolute Gasteiger partial charge is 0.462 e. The molecule has 24 heavy (non-hydrogen) atoms. The summed E-state index contributed by atoms with van der Waals surface area (Å²) in [5, 5.41) is 0. The highest BCUT2D eigenvalue weighted by Crippen LogP contribution is 2.41. The van der Waals surface area contributed by atoms with Gasteiger partial charge < -0.3 is 4.74 Å². The smallest absolute Gasteiger partial charge is 0.341 e. The van der Waals surface area contributed by atoms with Crippen LogP contribution in [0.1, 0.15) is 60.8 Å². The van der Waals surface area contributed by atoms with E-state index < -0.39 is 0 Å². The molecule has 0 aliphatic heterocycles. The van der Waals surface area contributed by atoms with Gasteiger partial charge in [0.05, 0.1) is 12.2 Å². The molecule has 0 unspecified atom stereocenters. The summed E-state index contributed by atoms with van der Waals surface area (Å²) in [4.78, 5) is 20.6. The Morgan fingerprint density at radius 3 is 2.38 bits per heavy atom. The van der Waals surface area contributed by atoms with E-state index in [0.717, 1.165) is 12.2 Å². The van der Waals surface area contributed by atoms with E-state index >= 15 is 0 Å². The van der Waals surface area contributed by atoms with Crippen molar-refractivity contribution in [1.82, 2.24) is 9.97 Å². The van der Waals surface area contributed by atoms with E-state index in [2.05, 4.69) is 40.3 Å². The third-order valence-corrected chi connectivity index (χ3v) is 4.91. The van der Waals surface area contributed by atoms with Gasteiger partial charge in [0.15, 0.2) is 0 Å². The zero-order valence-corrected chi connectivity index (χ0v) is 14.2. The molecule has 1 fully saturated rings. The average molecular weight is 324 g/mol. The van der Waals surface area contributed by atoms with Crippen molar-refractivity contribution < 1.29 is 9.53 Å². The van der Waals surface area contributed by atoms with E-state index in [1.165, 1.54) is 37.7 Å². The first-order valence-electron chi connectivity index (χ1n) is 8.77. The molecule has 1 aromatic carbocycles. The lowest BCUT2D eigenvalue weighted by molar-refractivity contribution is 0.0525. The van der Waals surface area contributed by atoms with Crippen LogP contribution in [0, 0.1) is 0 Å². The second-order valence-corrected chi connectivity index (χ2v) is 6.49. The monoisotopic (exact) mass is 324 g/mol. The van der Waals surface area contributed by atoms with Crippen molar-refractivity contribution in [3.63, 3.8) is 0 Å². The molecular weight excluding hydrogens is 300 g/mol. The number of nitrogens with zero attached hydrogens (tertiary/aromatic N) is 2. The lowest BCUT2D eigenvalue weighted by Gasteiger charge is -2.37. The molecule has 0 radical (unpaired) electrons. The maximum atomic E-state index is 11.7. The van der Waals surface area contributed by atoms with Crippen molar-refractivity contribution in [1.29, 1.82) is 0 Å². The van der Waals surface area contributed by atoms with Crippen LogP contribution in [0.5, 0.6) is 0 Å². The van der Waals surface area contributed by atoms with Gasteiger partial charge in [-0.15, -0.1) is 0 Å². The number of rotatable bonds is 5. The summed E-state index contributed by atoms with van der Waals surface area (Å²) < 4.78 is 4.99. The molecular formula is C20H24N2O2. The number of aromatic nitrogens is 2. The van der Waals surface area contributed by atoms with Gasteiger partial charge in [-0.3, -0.25) is 0 Å². The van der Waals surface area contributed by atoms with Crippen molar-refractivity contribution in [2.75, 3.05) is 6.61 Å². The molecule has 0 amide bonds. The standard InChI is InChI=1S/C20H24N2O2/c1-2-24-19(23)16-14-21-18(22-15-16)13-20(11-7-4-8-12-20)17-9-5-3-6-10-17/h3,5-6,9-10,14-15H,2,4,7-8,11-13H2,1H3. The maximum Gasteiger partial charge on any atom is 0.341 e. The predicted molar refractivity (Wildman–Crippen MR) is 92.9 cm³/mol. The van der Waals surface area contributed by atoms with Crippen molar-refractivity contribution in [2.24, 2.45) is 0 Å². The van der Waals surface area contributed by atoms with E-state index in [4.69, 9.17) is 4.74 Å². The number of esters is 1. The zero-order chi connectivity index (χ0) is 16.8. The third kappa shape index (κ3) is 3.64. The molecule has 1 aliphatic rings. The number of hydrogen-bond donors (Lipinski definition) is 0. The Hall–Kier alpha value is -2.23. The molecule has 4 heteroatoms. The number of ether oxygens (including phenoxy) is 1. The van der Waals surface area contributed by atoms with Crippen LogP contribution >= 0.6 is 0 Å². The van der Waals surface area contributed by atoms with Crippen LogP contribution in [0.15, 0.2) is 42.7 Å². The maximum absolute atomic E-state index is 11.7. The molecule has 2 aromatic rings. The molecule has 1 aliphatic carbocycles. The number of carbonyl (C=O) groups excluding carboxylic acids is 1. The summed E-state index contributed by atoms with van der Waals surface area (Å²) in [6, 6.07) is 10.7. The number of benzene rings is 1. The quantitative estimate of drug-likeness (QED) is 0.777. The topological polar surface area (TPSA) is 52.1 Å². The fourth-order valence-corrected chi connectivity index (χ4v) is 3.66. The molecule has 0 bridgehead atoms. The fourth-order valence-electron chi connectivity index (χ4n) is 3.66. The van der Waals surface area contributed by atoms with Crippen LogP contribution in [0.3, 0.4) is 0 Å². The minimum atomic E-state index is -0.362. The van der Waals surface area contributed by atoms with E-state index in [9.17, 15) is 4.79 Å². The first-order chi connectivity index (χ1) is 11.7. The Labute approximate surface area is 143 Å². The third-order valence-electron chi connectivity index (χ3n) is 4.91. The Morgan fingerprint density at radius 2 is 1.75 bits per heavy atom. The van der Waals surface area contributed by atoms with Crippen LogP contribution in [-0.2, 0) is 16.6 Å². The summed E-state index contributed by atoms with van der Waals surface area (Å²) >= 11 is 0. The fraction of sp³-hybridized carbons (Fsp3) is 0.450. The van der Waals surface area contributed by atoms with E-state index in [1.54, 1.807) is 19.3 Å². The molecule has 126 valence electrons. The number of hydrogen-bond acceptors (Lipinski definition) is 4. The Balaban J connectivity index is 1.82. The zero-order valence-electron chi connectivity index (χ0n) is 14.2. The highest BCUT2D eigenvalue weighted by Gasteiger charge is 2.34. The average Bonchev–Trinajstić information content (AvgIpc) is 2.64. The van der Waals surface area contributed by atoms with Gasteiger partial charge in [0.2, 0.25) is 0 Å². The molecule has 0 spiro atoms. The van der Waals surface area contributed by atoms with E-state index in [0.29, 0.717) is 12.2 Å². The minimum Gasteiger partial charge on any atom is -0.462 e. The summed E-state index contributed by atoms with van der Waals surface area (Å²) in [5.41, 5.74) is 1.91. The van der Waals surface area contributed by atoms with Gasteiger partial charge in [0, 0.05) is 24.2 Å². The lowest BCUT2D eigenvalue weighted by atomic mass is 9.67. The van der Waals surface area contributed by atoms with Gasteiger partial charge in [0.25, 0.3) is 0 Å². The molecule has 1 aromatic heterocycles. The van der Waals surface area contributed by atoms with Gasteiger partial charge in [0.1, 0.15) is 5.82 Å². The van der Waals surface area contributed by atoms with E-state index in [1.807, 2.05) is 0 Å². The van der Waals surface area contributed by atoms with E-state index in [-0.39, 0.29) is 11.4 Å². The van der Waals surface area contributed by atoms with Crippen molar-refractivity contribution in [3.05, 3.63) is 59.7 Å². The summed E-state index contributed by atoms with van der Waals surface area (Å²) in [6.07, 6.45) is 10.1. The van der Waals surface area contributed by atoms with Crippen molar-refractivity contribution in [3.8, 4) is 0 Å². The van der Waals surface area contributed by atoms with Gasteiger partial charge >= 0.3 is 5.97 Å². The van der Waals surface area contributed by atoms with Gasteiger partial charge in [-0.2, -0.15) is 0 Å². The van der Waals surface area contributed by atoms with Gasteiger partial charge in [-0.25, -0.2) is 14.8 Å². The van der Waals surface area contributed by atoms with Crippen molar-refractivity contribution >= 4 is 5.97 Å². The molecule has 0 atom stereocenters. The highest BCUT2D eigenvalue weighted by atomic mass is 16.5. The summed E-state index contributed by atoms with van der Waals surface area (Å²) in [6.45, 7) is 2.15. The SMILES string of the molecule is CCOC(=O)c1cnc(CC2(c3ccccc3)CCCCC2)nc1. The lowest BCUT2D eigenvalue weighted by Crippen LogP contribution is -2.32. The predicted octanol–water partition coefficient (Wildman–Crippen LogP) is 4.10. The summed E-state index contributed by atoms with van der Waals surface area (Å²) in [5.74, 6) is 0.438. The molecule has 1 heterocycles. The first-order valence-corrected chi connectivity index (χ1v) is 8.77. The van der Waals surface area contributed by atoms with Crippen LogP contribution < -0.4 is 0 Å². The summed E-state index contributed by atoms with van der Waals surface area (Å²) in [7, 11) is 0. The second kappa shape index (κ2) is 7.56. The first kappa shape index (κ1) is 16.6. The Morgan fingerprint density at radius 1 is 1.08 bits per heavy atom. The normalized spacial score (nSPS) is 16.5. The highest BCUT2D eigenvalue weighted by molar-refractivity contribution is 5.88. The van der Waals surface area contributed by atoms with Gasteiger partial charge in [-0.1, -0.05) is 49.6 Å². The minimum absolute atomic E-state index is 0.116. The molecule has 3 rings (SSSR count). The Bertz CT molecular complexity index is 662. The second-order valence-electron chi connectivity index (χ2n) is 6.49. The van der Waals surface area contributed by atoms with Gasteiger partial charge in [-0.05, 0) is 25.3 Å². The van der Waals surface area contributed by atoms with Crippen LogP contribution in [0.25, 0.3) is 0 Å². The van der Waals surface area contributed by atoms with Crippen molar-refractivity contribution in [2.45, 2.75) is 50.9 Å². The number of carbonyl (C=O) groups is 1. The molecule has 0 saturated heterocycles. The molecule has 4 nitrogen and oxygen atoms in total. The molecule has 0 N–H and O–H groups in total. The van der Waals surface area contributed by atoms with Crippen LogP contribution in [-0.4, -0.2) is 22.5 Å². The van der Waals surface area contributed by atoms with Crippen LogP contribution in [0.2, 0.25) is 0 Å².